The number of hydrogen-bond acceptors (Lipinski definition) is 4. The third-order valence-electron chi connectivity index (χ3n) is 3.76. The van der Waals surface area contributed by atoms with Crippen LogP contribution < -0.4 is 4.90 Å². The molecule has 0 radical (unpaired) electrons. The van der Waals surface area contributed by atoms with Gasteiger partial charge in [0.2, 0.25) is 0 Å². The number of nitro benzene ring substituents is 1. The molecule has 0 bridgehead atoms. The Hall–Kier alpha value is -2.11. The molecule has 2 unspecified atom stereocenters. The third-order valence-corrected chi connectivity index (χ3v) is 3.76. The molecule has 6 nitrogen and oxygen atoms in total. The maximum absolute atomic E-state index is 11.2. The van der Waals surface area contributed by atoms with Gasteiger partial charge in [-0.1, -0.05) is 19.9 Å². The van der Waals surface area contributed by atoms with E-state index < -0.39 is 10.9 Å². The van der Waals surface area contributed by atoms with Gasteiger partial charge in [-0.25, -0.2) is 4.79 Å². The van der Waals surface area contributed by atoms with Gasteiger partial charge in [-0.05, 0) is 24.0 Å². The topological polar surface area (TPSA) is 83.7 Å². The van der Waals surface area contributed by atoms with Crippen LogP contribution in [0.2, 0.25) is 0 Å². The minimum atomic E-state index is -1.27. The molecule has 0 saturated carbocycles. The van der Waals surface area contributed by atoms with Crippen LogP contribution in [0.1, 0.15) is 24.2 Å². The number of carbonyl (C=O) groups is 1. The fourth-order valence-electron chi connectivity index (χ4n) is 2.48. The lowest BCUT2D eigenvalue weighted by Crippen LogP contribution is -2.21. The highest BCUT2D eigenvalue weighted by Gasteiger charge is 2.32. The predicted octanol–water partition coefficient (Wildman–Crippen LogP) is 2.39. The summed E-state index contributed by atoms with van der Waals surface area (Å²) in [6.45, 7) is 5.62. The Kier molecular flexibility index (Phi) is 3.42. The maximum Gasteiger partial charge on any atom is 0.342 e. The van der Waals surface area contributed by atoms with E-state index in [-0.39, 0.29) is 11.3 Å². The Morgan fingerprint density at radius 2 is 1.95 bits per heavy atom. The number of anilines is 1. The van der Waals surface area contributed by atoms with Crippen LogP contribution in [0.15, 0.2) is 18.2 Å². The van der Waals surface area contributed by atoms with Gasteiger partial charge < -0.3 is 10.0 Å². The number of hydrogen-bond donors (Lipinski definition) is 1. The summed E-state index contributed by atoms with van der Waals surface area (Å²) in [5.41, 5.74) is -0.160. The zero-order chi connectivity index (χ0) is 14.2. The van der Waals surface area contributed by atoms with Gasteiger partial charge >= 0.3 is 11.7 Å². The number of benzene rings is 1. The highest BCUT2D eigenvalue weighted by molar-refractivity contribution is 5.95. The van der Waals surface area contributed by atoms with Gasteiger partial charge in [0.1, 0.15) is 11.3 Å². The standard InChI is InChI=1S/C13H16N2O4/c1-8-6-14(7-9(8)2)11-5-3-4-10(13(16)17)12(11)15(18)19/h3-5,8-9H,6-7H2,1-2H3,(H,16,17). The Balaban J connectivity index is 2.49. The molecule has 1 saturated heterocycles. The van der Waals surface area contributed by atoms with Crippen molar-refractivity contribution in [1.29, 1.82) is 0 Å². The van der Waals surface area contributed by atoms with Crippen molar-refractivity contribution in [2.45, 2.75) is 13.8 Å². The van der Waals surface area contributed by atoms with Crippen LogP contribution in [-0.2, 0) is 0 Å². The smallest absolute Gasteiger partial charge is 0.342 e. The second kappa shape index (κ2) is 4.87. The van der Waals surface area contributed by atoms with E-state index in [4.69, 9.17) is 5.11 Å². The Morgan fingerprint density at radius 1 is 1.37 bits per heavy atom. The van der Waals surface area contributed by atoms with E-state index in [1.54, 1.807) is 12.1 Å². The van der Waals surface area contributed by atoms with Crippen molar-refractivity contribution in [3.8, 4) is 0 Å². The highest BCUT2D eigenvalue weighted by Crippen LogP contribution is 2.36. The van der Waals surface area contributed by atoms with E-state index in [1.807, 2.05) is 4.90 Å². The van der Waals surface area contributed by atoms with Crippen molar-refractivity contribution in [2.24, 2.45) is 11.8 Å². The molecule has 0 aliphatic carbocycles. The summed E-state index contributed by atoms with van der Waals surface area (Å²) in [4.78, 5) is 23.6. The third kappa shape index (κ3) is 2.38. The molecule has 0 amide bonds. The quantitative estimate of drug-likeness (QED) is 0.669. The van der Waals surface area contributed by atoms with Crippen LogP contribution >= 0.6 is 0 Å². The van der Waals surface area contributed by atoms with Crippen LogP contribution in [0.4, 0.5) is 11.4 Å². The average Bonchev–Trinajstić information content (AvgIpc) is 2.68. The first-order chi connectivity index (χ1) is 8.91. The maximum atomic E-state index is 11.2. The van der Waals surface area contributed by atoms with Gasteiger partial charge in [-0.15, -0.1) is 0 Å². The minimum absolute atomic E-state index is 0.255. The Bertz CT molecular complexity index is 519. The first kappa shape index (κ1) is 13.3. The van der Waals surface area contributed by atoms with E-state index in [1.165, 1.54) is 6.07 Å². The van der Waals surface area contributed by atoms with Crippen molar-refractivity contribution in [3.63, 3.8) is 0 Å². The SMILES string of the molecule is CC1CN(c2cccc(C(=O)O)c2[N+](=O)[O-])CC1C. The second-order valence-corrected chi connectivity index (χ2v) is 5.10. The van der Waals surface area contributed by atoms with Crippen molar-refractivity contribution >= 4 is 17.3 Å². The predicted molar refractivity (Wildman–Crippen MR) is 70.6 cm³/mol. The molecule has 0 spiro atoms. The van der Waals surface area contributed by atoms with Crippen LogP contribution in [-0.4, -0.2) is 29.1 Å². The molecular formula is C13H16N2O4. The first-order valence-corrected chi connectivity index (χ1v) is 6.17. The largest absolute Gasteiger partial charge is 0.477 e. The molecule has 1 heterocycles. The average molecular weight is 264 g/mol. The van der Waals surface area contributed by atoms with Crippen molar-refractivity contribution in [2.75, 3.05) is 18.0 Å². The van der Waals surface area contributed by atoms with Crippen molar-refractivity contribution in [3.05, 3.63) is 33.9 Å². The van der Waals surface area contributed by atoms with Gasteiger partial charge in [0.15, 0.2) is 0 Å². The zero-order valence-electron chi connectivity index (χ0n) is 10.9. The van der Waals surface area contributed by atoms with E-state index >= 15 is 0 Å². The zero-order valence-corrected chi connectivity index (χ0v) is 10.9. The molecule has 1 N–H and O–H groups in total. The van der Waals surface area contributed by atoms with Crippen molar-refractivity contribution < 1.29 is 14.8 Å². The summed E-state index contributed by atoms with van der Waals surface area (Å²) < 4.78 is 0. The lowest BCUT2D eigenvalue weighted by Gasteiger charge is -2.18. The molecule has 1 aromatic carbocycles. The molecule has 0 aromatic heterocycles. The van der Waals surface area contributed by atoms with Crippen molar-refractivity contribution in [1.82, 2.24) is 0 Å². The summed E-state index contributed by atoms with van der Waals surface area (Å²) >= 11 is 0. The lowest BCUT2D eigenvalue weighted by molar-refractivity contribution is -0.384. The summed E-state index contributed by atoms with van der Waals surface area (Å²) in [5.74, 6) is -0.393. The number of nitro groups is 1. The van der Waals surface area contributed by atoms with Crippen LogP contribution in [0.25, 0.3) is 0 Å². The fraction of sp³-hybridized carbons (Fsp3) is 0.462. The van der Waals surface area contributed by atoms with Crippen LogP contribution in [0.5, 0.6) is 0 Å². The summed E-state index contributed by atoms with van der Waals surface area (Å²) in [6.07, 6.45) is 0. The monoisotopic (exact) mass is 264 g/mol. The second-order valence-electron chi connectivity index (χ2n) is 5.10. The molecule has 1 aromatic rings. The molecule has 1 aliphatic heterocycles. The summed E-state index contributed by atoms with van der Waals surface area (Å²) in [7, 11) is 0. The number of aromatic carboxylic acids is 1. The summed E-state index contributed by atoms with van der Waals surface area (Å²) in [5, 5.41) is 20.2. The number of carboxylic acids is 1. The minimum Gasteiger partial charge on any atom is -0.477 e. The molecule has 19 heavy (non-hydrogen) atoms. The summed E-state index contributed by atoms with van der Waals surface area (Å²) in [6, 6.07) is 4.45. The van der Waals surface area contributed by atoms with Gasteiger partial charge in [0.05, 0.1) is 4.92 Å². The number of carboxylic acid groups (broad SMARTS) is 1. The van der Waals surface area contributed by atoms with Crippen LogP contribution in [0, 0.1) is 22.0 Å². The highest BCUT2D eigenvalue weighted by atomic mass is 16.6. The molecule has 1 aliphatic rings. The van der Waals surface area contributed by atoms with Gasteiger partial charge in [0, 0.05) is 13.1 Å². The molecule has 1 fully saturated rings. The Labute approximate surface area is 110 Å². The molecule has 102 valence electrons. The van der Waals surface area contributed by atoms with Crippen LogP contribution in [0.3, 0.4) is 0 Å². The van der Waals surface area contributed by atoms with Gasteiger partial charge in [-0.3, -0.25) is 10.1 Å². The van der Waals surface area contributed by atoms with E-state index in [2.05, 4.69) is 13.8 Å². The molecule has 6 heteroatoms. The normalized spacial score (nSPS) is 22.5. The Morgan fingerprint density at radius 3 is 2.42 bits per heavy atom. The molecule has 2 atom stereocenters. The number of rotatable bonds is 3. The van der Waals surface area contributed by atoms with E-state index in [9.17, 15) is 14.9 Å². The van der Waals surface area contributed by atoms with Gasteiger partial charge in [-0.2, -0.15) is 0 Å². The van der Waals surface area contributed by atoms with Gasteiger partial charge in [0.25, 0.3) is 0 Å². The molecule has 2 rings (SSSR count). The molecular weight excluding hydrogens is 248 g/mol. The van der Waals surface area contributed by atoms with E-state index in [0.29, 0.717) is 30.6 Å². The fourth-order valence-corrected chi connectivity index (χ4v) is 2.48. The first-order valence-electron chi connectivity index (χ1n) is 6.17. The number of para-hydroxylation sites is 1. The number of nitrogens with zero attached hydrogens (tertiary/aromatic N) is 2. The van der Waals surface area contributed by atoms with E-state index in [0.717, 1.165) is 0 Å². The lowest BCUT2D eigenvalue weighted by atomic mass is 10.0.